The van der Waals surface area contributed by atoms with Gasteiger partial charge in [0.15, 0.2) is 23.1 Å². The van der Waals surface area contributed by atoms with Crippen LogP contribution >= 0.6 is 0 Å². The maximum atomic E-state index is 14.5. The van der Waals surface area contributed by atoms with E-state index in [0.717, 1.165) is 25.7 Å². The molecule has 2 N–H and O–H groups in total. The molecule has 1 amide bonds. The van der Waals surface area contributed by atoms with E-state index in [2.05, 4.69) is 20.3 Å². The number of hydrogen-bond donors (Lipinski definition) is 2. The molecule has 0 bridgehead atoms. The fraction of sp³-hybridized carbons (Fsp3) is 0.704. The number of halogens is 1. The van der Waals surface area contributed by atoms with Crippen molar-refractivity contribution in [3.8, 4) is 0 Å². The number of aromatic nitrogens is 4. The van der Waals surface area contributed by atoms with Gasteiger partial charge < -0.3 is 24.6 Å². The van der Waals surface area contributed by atoms with Gasteiger partial charge >= 0.3 is 18.0 Å². The average Bonchev–Trinajstić information content (AvgIpc) is 3.72. The summed E-state index contributed by atoms with van der Waals surface area (Å²) in [6.45, 7) is 1.27. The van der Waals surface area contributed by atoms with Crippen LogP contribution in [0, 0.1) is 17.4 Å². The van der Waals surface area contributed by atoms with Gasteiger partial charge in [0.05, 0.1) is 18.9 Å². The van der Waals surface area contributed by atoms with Gasteiger partial charge in [0, 0.05) is 19.3 Å². The third-order valence-corrected chi connectivity index (χ3v) is 9.24. The van der Waals surface area contributed by atoms with Crippen LogP contribution in [0.4, 0.5) is 10.2 Å². The lowest BCUT2D eigenvalue weighted by Gasteiger charge is -2.37. The summed E-state index contributed by atoms with van der Waals surface area (Å²) in [7, 11) is 0. The molecule has 216 valence electrons. The number of aliphatic hydroxyl groups excluding tert-OH is 1. The third-order valence-electron chi connectivity index (χ3n) is 9.24. The maximum absolute atomic E-state index is 14.5. The molecule has 6 rings (SSSR count). The summed E-state index contributed by atoms with van der Waals surface area (Å²) >= 11 is 0. The van der Waals surface area contributed by atoms with Crippen LogP contribution in [0.5, 0.6) is 0 Å². The molecule has 4 heterocycles. The molecule has 40 heavy (non-hydrogen) atoms. The molecule has 2 aromatic rings. The smallest absolute Gasteiger partial charge is 0.312 e. The van der Waals surface area contributed by atoms with Crippen LogP contribution in [0.25, 0.3) is 11.2 Å². The van der Waals surface area contributed by atoms with Crippen molar-refractivity contribution >= 4 is 34.8 Å². The Hall–Kier alpha value is -3.19. The Labute approximate surface area is 230 Å². The molecule has 0 radical (unpaired) electrons. The van der Waals surface area contributed by atoms with E-state index in [1.54, 1.807) is 6.92 Å². The third kappa shape index (κ3) is 4.93. The normalized spacial score (nSPS) is 30.2. The van der Waals surface area contributed by atoms with Crippen molar-refractivity contribution in [2.75, 3.05) is 11.9 Å². The molecule has 0 aromatic carbocycles. The van der Waals surface area contributed by atoms with Crippen LogP contribution in [0.3, 0.4) is 0 Å². The molecule has 13 heteroatoms. The predicted molar refractivity (Wildman–Crippen MR) is 136 cm³/mol. The summed E-state index contributed by atoms with van der Waals surface area (Å²) < 4.78 is 33.0. The number of fused-ring (bicyclic) bond motifs is 1. The van der Waals surface area contributed by atoms with Crippen LogP contribution in [0.15, 0.2) is 6.33 Å². The van der Waals surface area contributed by atoms with Gasteiger partial charge in [0.25, 0.3) is 5.91 Å². The number of nitrogens with zero attached hydrogens (tertiary/aromatic N) is 4. The Kier molecular flexibility index (Phi) is 6.97. The summed E-state index contributed by atoms with van der Waals surface area (Å²) in [5.41, 5.74) is -0.625. The quantitative estimate of drug-likeness (QED) is 0.399. The van der Waals surface area contributed by atoms with Crippen molar-refractivity contribution in [3.05, 3.63) is 12.4 Å². The van der Waals surface area contributed by atoms with E-state index in [9.17, 15) is 23.9 Å². The number of cyclic esters (lactones) is 1. The lowest BCUT2D eigenvalue weighted by Crippen LogP contribution is -2.43. The lowest BCUT2D eigenvalue weighted by molar-refractivity contribution is -0.170. The summed E-state index contributed by atoms with van der Waals surface area (Å²) in [6, 6.07) is 0. The van der Waals surface area contributed by atoms with Crippen molar-refractivity contribution in [3.63, 3.8) is 0 Å². The molecule has 4 aliphatic rings. The number of amides is 1. The fourth-order valence-electron chi connectivity index (χ4n) is 6.77. The van der Waals surface area contributed by atoms with Gasteiger partial charge in [-0.15, -0.1) is 0 Å². The molecule has 2 aliphatic carbocycles. The molecule has 2 saturated heterocycles. The Morgan fingerprint density at radius 1 is 1.20 bits per heavy atom. The predicted octanol–water partition coefficient (Wildman–Crippen LogP) is 2.94. The van der Waals surface area contributed by atoms with Crippen molar-refractivity contribution in [2.24, 2.45) is 11.3 Å². The SMILES string of the molecule is C[C@]1(CO)O[C@@H](n2cnc3c(NC(=O)[C@H]4CCC(=O)O4)nc(F)nc32)C[C@@H]1OC(=O)C1CCC2(CCCC2)CC1. The zero-order valence-electron chi connectivity index (χ0n) is 22.4. The zero-order chi connectivity index (χ0) is 28.1. The molecular formula is C27H34FN5O7. The number of nitrogens with one attached hydrogen (secondary N) is 1. The minimum absolute atomic E-state index is 0.0534. The number of hydrogen-bond acceptors (Lipinski definition) is 10. The van der Waals surface area contributed by atoms with Gasteiger partial charge in [0.2, 0.25) is 0 Å². The Morgan fingerprint density at radius 3 is 2.62 bits per heavy atom. The first kappa shape index (κ1) is 27.0. The Morgan fingerprint density at radius 2 is 1.95 bits per heavy atom. The average molecular weight is 560 g/mol. The van der Waals surface area contributed by atoms with Crippen molar-refractivity contribution in [1.82, 2.24) is 19.5 Å². The standard InChI is InChI=1S/C27H34FN5O7/c1-26(13-34)17(39-24(37)15-6-10-27(11-7-15)8-2-3-9-27)12-18(40-26)33-14-29-20-21(31-25(28)32-22(20)33)30-23(36)16-4-5-19(35)38-16/h14-18,34H,2-13H2,1H3,(H,30,31,32,36)/t16-,17+,18-,26-/m1/s1. The van der Waals surface area contributed by atoms with Gasteiger partial charge in [-0.2, -0.15) is 14.4 Å². The topological polar surface area (TPSA) is 155 Å². The highest BCUT2D eigenvalue weighted by Gasteiger charge is 2.50. The molecule has 2 aromatic heterocycles. The minimum Gasteiger partial charge on any atom is -0.459 e. The largest absolute Gasteiger partial charge is 0.459 e. The van der Waals surface area contributed by atoms with E-state index < -0.39 is 48.6 Å². The second-order valence-corrected chi connectivity index (χ2v) is 11.9. The number of imidazole rings is 1. The number of carbonyl (C=O) groups excluding carboxylic acids is 3. The van der Waals surface area contributed by atoms with Crippen molar-refractivity contribution in [2.45, 2.75) is 102 Å². The number of esters is 2. The van der Waals surface area contributed by atoms with Crippen LogP contribution in [0.1, 0.15) is 83.8 Å². The summed E-state index contributed by atoms with van der Waals surface area (Å²) in [4.78, 5) is 48.9. The molecule has 12 nitrogen and oxygen atoms in total. The van der Waals surface area contributed by atoms with Gasteiger partial charge in [-0.25, -0.2) is 4.98 Å². The zero-order valence-corrected chi connectivity index (χ0v) is 22.4. The highest BCUT2D eigenvalue weighted by molar-refractivity contribution is 6.00. The van der Waals surface area contributed by atoms with Gasteiger partial charge in [0.1, 0.15) is 17.9 Å². The lowest BCUT2D eigenvalue weighted by atomic mass is 9.69. The molecule has 0 unspecified atom stereocenters. The number of anilines is 1. The second-order valence-electron chi connectivity index (χ2n) is 11.9. The van der Waals surface area contributed by atoms with Gasteiger partial charge in [-0.05, 0) is 50.9 Å². The van der Waals surface area contributed by atoms with Gasteiger partial charge in [-0.1, -0.05) is 12.8 Å². The first-order valence-electron chi connectivity index (χ1n) is 14.1. The summed E-state index contributed by atoms with van der Waals surface area (Å²) in [5, 5.41) is 12.7. The van der Waals surface area contributed by atoms with E-state index >= 15 is 0 Å². The Bertz CT molecular complexity index is 1320. The van der Waals surface area contributed by atoms with Crippen molar-refractivity contribution in [1.29, 1.82) is 0 Å². The van der Waals surface area contributed by atoms with E-state index in [4.69, 9.17) is 14.2 Å². The minimum atomic E-state index is -1.19. The molecular weight excluding hydrogens is 525 g/mol. The highest BCUT2D eigenvalue weighted by atomic mass is 19.1. The first-order valence-corrected chi connectivity index (χ1v) is 14.1. The molecule has 4 fully saturated rings. The first-order chi connectivity index (χ1) is 19.2. The molecule has 2 saturated carbocycles. The van der Waals surface area contributed by atoms with Crippen LogP contribution < -0.4 is 5.32 Å². The summed E-state index contributed by atoms with van der Waals surface area (Å²) in [6.07, 6.45) is 7.04. The van der Waals surface area contributed by atoms with Crippen molar-refractivity contribution < 1.29 is 38.1 Å². The molecule has 1 spiro atoms. The van der Waals surface area contributed by atoms with Gasteiger partial charge in [-0.3, -0.25) is 19.0 Å². The number of ether oxygens (including phenoxy) is 3. The highest BCUT2D eigenvalue weighted by Crippen LogP contribution is 2.50. The Balaban J connectivity index is 1.17. The second kappa shape index (κ2) is 10.3. The van der Waals surface area contributed by atoms with E-state index in [1.807, 2.05) is 0 Å². The van der Waals surface area contributed by atoms with Crippen LogP contribution in [-0.2, 0) is 28.6 Å². The van der Waals surface area contributed by atoms with Crippen LogP contribution in [0.2, 0.25) is 0 Å². The number of aliphatic hydroxyl groups is 1. The van der Waals surface area contributed by atoms with E-state index in [-0.39, 0.29) is 48.1 Å². The molecule has 2 aliphatic heterocycles. The number of rotatable bonds is 6. The van der Waals surface area contributed by atoms with E-state index in [0.29, 0.717) is 5.41 Å². The maximum Gasteiger partial charge on any atom is 0.312 e. The number of carbonyl (C=O) groups is 3. The summed E-state index contributed by atoms with van der Waals surface area (Å²) in [5.74, 6) is -1.74. The van der Waals surface area contributed by atoms with Crippen LogP contribution in [-0.4, -0.2) is 66.9 Å². The van der Waals surface area contributed by atoms with E-state index in [1.165, 1.54) is 36.6 Å². The molecule has 4 atom stereocenters. The fourth-order valence-corrected chi connectivity index (χ4v) is 6.77. The monoisotopic (exact) mass is 559 g/mol.